The van der Waals surface area contributed by atoms with Gasteiger partial charge in [0.2, 0.25) is 0 Å². The molecule has 3 aromatic heterocycles. The summed E-state index contributed by atoms with van der Waals surface area (Å²) in [7, 11) is 0. The van der Waals surface area contributed by atoms with Gasteiger partial charge in [0.05, 0.1) is 10.3 Å². The van der Waals surface area contributed by atoms with Crippen LogP contribution in [0.1, 0.15) is 12.5 Å². The monoisotopic (exact) mass is 527 g/mol. The van der Waals surface area contributed by atoms with Gasteiger partial charge in [0.1, 0.15) is 17.2 Å². The number of aromatic nitrogens is 2. The highest BCUT2D eigenvalue weighted by molar-refractivity contribution is 7.22. The molecule has 1 aliphatic rings. The van der Waals surface area contributed by atoms with E-state index >= 15 is 0 Å². The molecule has 0 aliphatic carbocycles. The van der Waals surface area contributed by atoms with E-state index in [1.165, 1.54) is 28.7 Å². The maximum absolute atomic E-state index is 12.5. The molecule has 0 atom stereocenters. The van der Waals surface area contributed by atoms with Gasteiger partial charge in [-0.05, 0) is 60.7 Å². The van der Waals surface area contributed by atoms with Crippen molar-refractivity contribution in [2.75, 3.05) is 18.6 Å². The number of hydrazine groups is 1. The highest BCUT2D eigenvalue weighted by atomic mass is 35.5. The number of carbonyl (C=O) groups excluding carboxylic acids is 2. The molecule has 4 aromatic rings. The van der Waals surface area contributed by atoms with Crippen molar-refractivity contribution in [2.24, 2.45) is 5.73 Å². The fourth-order valence-corrected chi connectivity index (χ4v) is 5.53. The molecular formula is C24H22ClN5O3S2. The molecule has 2 amide bonds. The predicted molar refractivity (Wildman–Crippen MR) is 142 cm³/mol. The second-order valence-corrected chi connectivity index (χ2v) is 9.64. The Balaban J connectivity index is 0.00000289. The molecule has 35 heavy (non-hydrogen) atoms. The second kappa shape index (κ2) is 10.1. The normalized spacial score (nSPS) is 13.2. The Morgan fingerprint density at radius 2 is 1.89 bits per heavy atom. The fraction of sp³-hybridized carbons (Fsp3) is 0.167. The van der Waals surface area contributed by atoms with E-state index in [0.29, 0.717) is 30.4 Å². The molecule has 0 saturated heterocycles. The van der Waals surface area contributed by atoms with Crippen LogP contribution < -0.4 is 15.9 Å². The third kappa shape index (κ3) is 4.65. The molecule has 0 bridgehead atoms. The zero-order valence-corrected chi connectivity index (χ0v) is 21.4. The van der Waals surface area contributed by atoms with Crippen molar-refractivity contribution in [3.05, 3.63) is 59.0 Å². The zero-order chi connectivity index (χ0) is 23.8. The molecule has 1 aromatic carbocycles. The first kappa shape index (κ1) is 24.8. The number of amides is 2. The van der Waals surface area contributed by atoms with E-state index in [-0.39, 0.29) is 12.4 Å². The Hall–Kier alpha value is -3.31. The van der Waals surface area contributed by atoms with Crippen molar-refractivity contribution < 1.29 is 14.3 Å². The van der Waals surface area contributed by atoms with Crippen molar-refractivity contribution in [3.63, 3.8) is 0 Å². The van der Waals surface area contributed by atoms with Crippen LogP contribution in [0, 0.1) is 6.92 Å². The number of nitrogens with zero attached hydrogens (tertiary/aromatic N) is 3. The first-order valence-corrected chi connectivity index (χ1v) is 12.3. The maximum atomic E-state index is 12.5. The Morgan fingerprint density at radius 1 is 1.11 bits per heavy atom. The number of nitrogens with one attached hydrogen (secondary N) is 1. The Labute approximate surface area is 215 Å². The maximum Gasteiger partial charge on any atom is 0.275 e. The number of thiophene rings is 2. The number of ether oxygens (including phenoxy) is 1. The minimum absolute atomic E-state index is 0. The minimum atomic E-state index is -0.423. The molecule has 0 fully saturated rings. The number of anilines is 1. The van der Waals surface area contributed by atoms with E-state index in [2.05, 4.69) is 5.43 Å². The van der Waals surface area contributed by atoms with Crippen LogP contribution in [-0.4, -0.2) is 39.9 Å². The summed E-state index contributed by atoms with van der Waals surface area (Å²) >= 11 is 3.06. The highest BCUT2D eigenvalue weighted by Gasteiger charge is 2.30. The number of aryl methyl sites for hydroxylation is 1. The lowest BCUT2D eigenvalue weighted by atomic mass is 10.1. The summed E-state index contributed by atoms with van der Waals surface area (Å²) in [5, 5.41) is 3.72. The third-order valence-corrected chi connectivity index (χ3v) is 7.45. The van der Waals surface area contributed by atoms with Gasteiger partial charge in [0.25, 0.3) is 11.8 Å². The molecular weight excluding hydrogens is 506 g/mol. The fourth-order valence-electron chi connectivity index (χ4n) is 3.69. The molecule has 0 saturated carbocycles. The van der Waals surface area contributed by atoms with Crippen LogP contribution in [0.25, 0.3) is 31.4 Å². The molecule has 0 spiro atoms. The molecule has 0 radical (unpaired) electrons. The topological polar surface area (TPSA) is 110 Å². The van der Waals surface area contributed by atoms with Crippen LogP contribution in [0.5, 0.6) is 5.75 Å². The van der Waals surface area contributed by atoms with E-state index in [1.54, 1.807) is 6.92 Å². The van der Waals surface area contributed by atoms with Crippen LogP contribution >= 0.6 is 35.1 Å². The summed E-state index contributed by atoms with van der Waals surface area (Å²) in [6, 6.07) is 11.7. The number of hydrogen-bond donors (Lipinski definition) is 2. The van der Waals surface area contributed by atoms with Gasteiger partial charge in [-0.2, -0.15) is 5.01 Å². The van der Waals surface area contributed by atoms with Gasteiger partial charge in [0.15, 0.2) is 11.6 Å². The molecule has 0 unspecified atom stereocenters. The minimum Gasteiger partial charge on any atom is -0.492 e. The van der Waals surface area contributed by atoms with E-state index in [9.17, 15) is 9.59 Å². The smallest absolute Gasteiger partial charge is 0.275 e. The average Bonchev–Trinajstić information content (AvgIpc) is 3.54. The lowest BCUT2D eigenvalue weighted by molar-refractivity contribution is -0.135. The summed E-state index contributed by atoms with van der Waals surface area (Å²) in [6.45, 7) is 4.52. The van der Waals surface area contributed by atoms with Crippen molar-refractivity contribution in [1.29, 1.82) is 0 Å². The number of halogens is 1. The summed E-state index contributed by atoms with van der Waals surface area (Å²) in [5.41, 5.74) is 10.8. The first-order chi connectivity index (χ1) is 16.5. The van der Waals surface area contributed by atoms with Crippen LogP contribution in [0.15, 0.2) is 53.4 Å². The van der Waals surface area contributed by atoms with Gasteiger partial charge >= 0.3 is 0 Å². The third-order valence-electron chi connectivity index (χ3n) is 5.35. The predicted octanol–water partition coefficient (Wildman–Crippen LogP) is 4.80. The summed E-state index contributed by atoms with van der Waals surface area (Å²) < 4.78 is 5.59. The number of hydrogen-bond acceptors (Lipinski definition) is 9. The number of benzene rings is 1. The van der Waals surface area contributed by atoms with E-state index in [4.69, 9.17) is 20.4 Å². The average molecular weight is 528 g/mol. The van der Waals surface area contributed by atoms with Crippen LogP contribution in [0.4, 0.5) is 5.82 Å². The number of carbonyl (C=O) groups is 2. The van der Waals surface area contributed by atoms with Crippen molar-refractivity contribution in [3.8, 4) is 26.9 Å². The quantitative estimate of drug-likeness (QED) is 0.332. The van der Waals surface area contributed by atoms with Gasteiger partial charge in [-0.1, -0.05) is 6.07 Å². The molecule has 3 N–H and O–H groups in total. The second-order valence-electron chi connectivity index (χ2n) is 7.69. The number of nitrogens with two attached hydrogens (primary N) is 1. The summed E-state index contributed by atoms with van der Waals surface area (Å²) in [6.07, 6.45) is 1.31. The summed E-state index contributed by atoms with van der Waals surface area (Å²) in [5.74, 6) is 0.890. The highest BCUT2D eigenvalue weighted by Crippen LogP contribution is 2.42. The van der Waals surface area contributed by atoms with Crippen LogP contribution in [0.2, 0.25) is 0 Å². The SMILES string of the molecule is CC1=CC(=O)N(Nc2nc(-c3cccs3)nc3sc(-c4ccc(OCCN)cc4)c(C)c23)C1=O.Cl. The first-order valence-electron chi connectivity index (χ1n) is 10.6. The van der Waals surface area contributed by atoms with Gasteiger partial charge < -0.3 is 10.5 Å². The van der Waals surface area contributed by atoms with E-state index in [0.717, 1.165) is 41.9 Å². The molecule has 180 valence electrons. The van der Waals surface area contributed by atoms with Gasteiger partial charge in [0, 0.05) is 23.1 Å². The van der Waals surface area contributed by atoms with Gasteiger partial charge in [-0.25, -0.2) is 9.97 Å². The van der Waals surface area contributed by atoms with Crippen molar-refractivity contribution in [2.45, 2.75) is 13.8 Å². The Morgan fingerprint density at radius 3 is 2.51 bits per heavy atom. The molecule has 11 heteroatoms. The van der Waals surface area contributed by atoms with Crippen LogP contribution in [0.3, 0.4) is 0 Å². The van der Waals surface area contributed by atoms with Gasteiger partial charge in [-0.15, -0.1) is 35.1 Å². The van der Waals surface area contributed by atoms with Crippen molar-refractivity contribution in [1.82, 2.24) is 15.0 Å². The zero-order valence-electron chi connectivity index (χ0n) is 18.9. The van der Waals surface area contributed by atoms with E-state index < -0.39 is 11.8 Å². The largest absolute Gasteiger partial charge is 0.492 e. The molecule has 4 heterocycles. The lowest BCUT2D eigenvalue weighted by Gasteiger charge is -2.17. The standard InChI is InChI=1S/C24H21N5O3S2.ClH/c1-13-12-18(30)29(24(13)31)28-22-19-14(2)20(15-5-7-16(8-6-15)32-10-9-25)34-23(19)27-21(26-22)17-4-3-11-33-17;/h3-8,11-12H,9-10,25H2,1-2H3,(H,26,27,28);1H. The lowest BCUT2D eigenvalue weighted by Crippen LogP contribution is -2.36. The van der Waals surface area contributed by atoms with Crippen LogP contribution in [-0.2, 0) is 9.59 Å². The Bertz CT molecular complexity index is 1430. The van der Waals surface area contributed by atoms with Gasteiger partial charge in [-0.3, -0.25) is 15.0 Å². The molecule has 8 nitrogen and oxygen atoms in total. The summed E-state index contributed by atoms with van der Waals surface area (Å²) in [4.78, 5) is 37.1. The Kier molecular flexibility index (Phi) is 7.18. The van der Waals surface area contributed by atoms with Crippen molar-refractivity contribution >= 4 is 62.9 Å². The molecule has 5 rings (SSSR count). The number of imide groups is 1. The molecule has 1 aliphatic heterocycles. The van der Waals surface area contributed by atoms with E-state index in [1.807, 2.05) is 48.7 Å². The number of fused-ring (bicyclic) bond motifs is 1. The number of rotatable bonds is 7.